The zero-order chi connectivity index (χ0) is 31.1. The summed E-state index contributed by atoms with van der Waals surface area (Å²) >= 11 is 0. The van der Waals surface area contributed by atoms with Crippen LogP contribution in [-0.4, -0.2) is 68.5 Å². The fourth-order valence-corrected chi connectivity index (χ4v) is 6.54. The van der Waals surface area contributed by atoms with Crippen LogP contribution in [0.15, 0.2) is 65.8 Å². The van der Waals surface area contributed by atoms with Gasteiger partial charge in [-0.2, -0.15) is 0 Å². The number of aromatic nitrogens is 3. The number of imidazole rings is 1. The number of unbranched alkanes of at least 4 members (excludes halogenated alkanes) is 1. The van der Waals surface area contributed by atoms with Crippen LogP contribution in [0.25, 0.3) is 33.3 Å². The number of aliphatic hydroxyl groups excluding tert-OH is 1. The average Bonchev–Trinajstić information content (AvgIpc) is 3.76. The maximum atomic E-state index is 13.2. The predicted octanol–water partition coefficient (Wildman–Crippen LogP) is 5.65. The maximum absolute atomic E-state index is 13.2. The molecule has 1 fully saturated rings. The number of ether oxygens (including phenoxy) is 2. The van der Waals surface area contributed by atoms with Crippen molar-refractivity contribution in [3.63, 3.8) is 0 Å². The Labute approximate surface area is 260 Å². The third kappa shape index (κ3) is 5.14. The summed E-state index contributed by atoms with van der Waals surface area (Å²) in [5.41, 5.74) is 5.92. The van der Waals surface area contributed by atoms with Crippen LogP contribution < -0.4 is 4.74 Å². The number of benzene rings is 3. The van der Waals surface area contributed by atoms with Gasteiger partial charge >= 0.3 is 5.97 Å². The van der Waals surface area contributed by atoms with Crippen molar-refractivity contribution in [1.82, 2.24) is 19.0 Å². The summed E-state index contributed by atoms with van der Waals surface area (Å²) in [5.74, 6) is 0.935. The molecule has 230 valence electrons. The molecule has 0 bridgehead atoms. The first-order valence-corrected chi connectivity index (χ1v) is 15.4. The van der Waals surface area contributed by atoms with Gasteiger partial charge in [0, 0.05) is 60.6 Å². The van der Waals surface area contributed by atoms with E-state index in [2.05, 4.69) is 32.5 Å². The van der Waals surface area contributed by atoms with Gasteiger partial charge in [0.15, 0.2) is 0 Å². The smallest absolute Gasteiger partial charge is 0.337 e. The Hall–Kier alpha value is -4.96. The van der Waals surface area contributed by atoms with Crippen molar-refractivity contribution in [2.75, 3.05) is 20.3 Å². The van der Waals surface area contributed by atoms with Crippen LogP contribution in [0.4, 0.5) is 5.69 Å². The number of aryl methyl sites for hydroxylation is 2. The molecule has 2 aliphatic heterocycles. The van der Waals surface area contributed by atoms with Crippen molar-refractivity contribution >= 4 is 45.7 Å². The molecule has 1 atom stereocenters. The van der Waals surface area contributed by atoms with Crippen LogP contribution in [0.1, 0.15) is 52.0 Å². The zero-order valence-corrected chi connectivity index (χ0v) is 25.4. The molecule has 7 rings (SSSR count). The molecule has 3 aromatic carbocycles. The predicted molar refractivity (Wildman–Crippen MR) is 172 cm³/mol. The van der Waals surface area contributed by atoms with Gasteiger partial charge < -0.3 is 28.6 Å². The number of hydrogen-bond acceptors (Lipinski definition) is 7. The second-order valence-corrected chi connectivity index (χ2v) is 11.6. The molecule has 0 saturated carbocycles. The van der Waals surface area contributed by atoms with E-state index in [-0.39, 0.29) is 18.6 Å². The zero-order valence-electron chi connectivity index (χ0n) is 25.4. The quantitative estimate of drug-likeness (QED) is 0.172. The number of para-hydroxylation sites is 1. The minimum absolute atomic E-state index is 0.0218. The summed E-state index contributed by atoms with van der Waals surface area (Å²) in [6, 6.07) is 17.2. The second kappa shape index (κ2) is 11.9. The first-order valence-electron chi connectivity index (χ1n) is 15.4. The van der Waals surface area contributed by atoms with Gasteiger partial charge in [-0.3, -0.25) is 9.79 Å². The number of nitrogens with zero attached hydrogens (tertiary/aromatic N) is 5. The molecule has 0 radical (unpaired) electrons. The van der Waals surface area contributed by atoms with Gasteiger partial charge in [-0.1, -0.05) is 18.2 Å². The fraction of sp³-hybridized carbons (Fsp3) is 0.314. The van der Waals surface area contributed by atoms with E-state index < -0.39 is 5.97 Å². The van der Waals surface area contributed by atoms with Crippen molar-refractivity contribution in [1.29, 1.82) is 0 Å². The van der Waals surface area contributed by atoms with Crippen LogP contribution in [0, 0.1) is 0 Å². The molecule has 4 heterocycles. The summed E-state index contributed by atoms with van der Waals surface area (Å²) in [6.45, 7) is 1.55. The third-order valence-electron chi connectivity index (χ3n) is 8.87. The monoisotopic (exact) mass is 605 g/mol. The van der Waals surface area contributed by atoms with Gasteiger partial charge in [-0.15, -0.1) is 0 Å². The Morgan fingerprint density at radius 2 is 1.93 bits per heavy atom. The lowest BCUT2D eigenvalue weighted by molar-refractivity contribution is 0.0600. The van der Waals surface area contributed by atoms with Gasteiger partial charge in [-0.05, 0) is 56.0 Å². The molecule has 1 N–H and O–H groups in total. The number of esters is 1. The van der Waals surface area contributed by atoms with E-state index in [0.29, 0.717) is 41.3 Å². The SMILES string of the molecule is COC(=O)c1ccc2nc(-c3cn(C)c4ccccc34)n(CCCCOc3cc4c(cc3CO)C(=O)N3CCC[C@H]3C=N4)c2c1. The number of rotatable bonds is 9. The number of methoxy groups -OCH3 is 1. The molecule has 0 unspecified atom stereocenters. The summed E-state index contributed by atoms with van der Waals surface area (Å²) in [5, 5.41) is 11.2. The Morgan fingerprint density at radius 3 is 2.78 bits per heavy atom. The second-order valence-electron chi connectivity index (χ2n) is 11.6. The molecule has 10 nitrogen and oxygen atoms in total. The Morgan fingerprint density at radius 1 is 1.07 bits per heavy atom. The fourth-order valence-electron chi connectivity index (χ4n) is 6.54. The van der Waals surface area contributed by atoms with Crippen molar-refractivity contribution < 1.29 is 24.2 Å². The molecule has 2 aromatic heterocycles. The van der Waals surface area contributed by atoms with E-state index in [1.54, 1.807) is 18.2 Å². The molecule has 2 aliphatic rings. The number of aliphatic imine (C=N–C) groups is 1. The first kappa shape index (κ1) is 28.8. The lowest BCUT2D eigenvalue weighted by Gasteiger charge is -2.20. The van der Waals surface area contributed by atoms with Gasteiger partial charge in [0.05, 0.1) is 54.2 Å². The van der Waals surface area contributed by atoms with E-state index in [4.69, 9.17) is 14.5 Å². The van der Waals surface area contributed by atoms with Crippen molar-refractivity contribution in [2.45, 2.75) is 44.9 Å². The summed E-state index contributed by atoms with van der Waals surface area (Å²) < 4.78 is 15.4. The molecule has 0 aliphatic carbocycles. The van der Waals surface area contributed by atoms with Gasteiger partial charge in [-0.25, -0.2) is 9.78 Å². The van der Waals surface area contributed by atoms with Crippen molar-refractivity contribution in [2.24, 2.45) is 12.0 Å². The van der Waals surface area contributed by atoms with E-state index in [1.165, 1.54) is 7.11 Å². The van der Waals surface area contributed by atoms with Crippen LogP contribution in [0.3, 0.4) is 0 Å². The Balaban J connectivity index is 1.13. The highest BCUT2D eigenvalue weighted by molar-refractivity contribution is 6.03. The minimum Gasteiger partial charge on any atom is -0.493 e. The lowest BCUT2D eigenvalue weighted by atomic mass is 10.1. The topological polar surface area (TPSA) is 111 Å². The number of amides is 1. The van der Waals surface area contributed by atoms with Crippen molar-refractivity contribution in [3.05, 3.63) is 77.5 Å². The molecule has 1 saturated heterocycles. The van der Waals surface area contributed by atoms with Gasteiger partial charge in [0.1, 0.15) is 11.6 Å². The Bertz CT molecular complexity index is 1970. The summed E-state index contributed by atoms with van der Waals surface area (Å²) in [7, 11) is 3.41. The Kier molecular flexibility index (Phi) is 7.58. The molecule has 45 heavy (non-hydrogen) atoms. The van der Waals surface area contributed by atoms with E-state index >= 15 is 0 Å². The van der Waals surface area contributed by atoms with E-state index in [1.807, 2.05) is 42.4 Å². The third-order valence-corrected chi connectivity index (χ3v) is 8.87. The minimum atomic E-state index is -0.392. The normalized spacial score (nSPS) is 15.8. The number of aliphatic hydroxyl groups is 1. The molecule has 1 amide bonds. The van der Waals surface area contributed by atoms with Crippen LogP contribution in [-0.2, 0) is 24.9 Å². The standard InChI is InChI=1S/C35H35N5O5/c1-38-20-27(25-9-3-4-10-30(25)38)33-37-28-12-11-22(35(43)44-2)17-31(28)40(33)13-5-6-15-45-32-18-29-26(16-23(32)21-41)34(42)39-14-7-8-24(39)19-36-29/h3-4,9-12,16-20,24,41H,5-8,13-15,21H2,1-2H3/t24-/m0/s1. The van der Waals surface area contributed by atoms with Crippen LogP contribution in [0.5, 0.6) is 5.75 Å². The van der Waals surface area contributed by atoms with Crippen molar-refractivity contribution in [3.8, 4) is 17.1 Å². The van der Waals surface area contributed by atoms with Crippen LogP contribution >= 0.6 is 0 Å². The number of carbonyl (C=O) groups excluding carboxylic acids is 2. The molecular weight excluding hydrogens is 570 g/mol. The summed E-state index contributed by atoms with van der Waals surface area (Å²) in [6.07, 6.45) is 7.34. The molecule has 0 spiro atoms. The maximum Gasteiger partial charge on any atom is 0.337 e. The molecule has 5 aromatic rings. The first-order chi connectivity index (χ1) is 22.0. The number of fused-ring (bicyclic) bond motifs is 4. The molecular formula is C35H35N5O5. The van der Waals surface area contributed by atoms with E-state index in [0.717, 1.165) is 65.6 Å². The van der Waals surface area contributed by atoms with Crippen LogP contribution in [0.2, 0.25) is 0 Å². The highest BCUT2D eigenvalue weighted by atomic mass is 16.5. The van der Waals surface area contributed by atoms with E-state index in [9.17, 15) is 14.7 Å². The highest BCUT2D eigenvalue weighted by Crippen LogP contribution is 2.35. The number of hydrogen-bond donors (Lipinski definition) is 1. The van der Waals surface area contributed by atoms with Gasteiger partial charge in [0.25, 0.3) is 5.91 Å². The highest BCUT2D eigenvalue weighted by Gasteiger charge is 2.32. The average molecular weight is 606 g/mol. The number of carbonyl (C=O) groups is 2. The largest absolute Gasteiger partial charge is 0.493 e. The lowest BCUT2D eigenvalue weighted by Crippen LogP contribution is -2.35. The van der Waals surface area contributed by atoms with Gasteiger partial charge in [0.2, 0.25) is 0 Å². The molecule has 10 heteroatoms. The summed E-state index contributed by atoms with van der Waals surface area (Å²) in [4.78, 5) is 37.0.